The van der Waals surface area contributed by atoms with E-state index in [1.807, 2.05) is 0 Å². The van der Waals surface area contributed by atoms with Crippen molar-refractivity contribution in [2.75, 3.05) is 7.11 Å². The average Bonchev–Trinajstić information content (AvgIpc) is 2.47. The maximum Gasteiger partial charge on any atom is 0.137 e. The molecular formula is C9H7FO2S. The van der Waals surface area contributed by atoms with Crippen molar-refractivity contribution in [3.05, 3.63) is 23.3 Å². The highest BCUT2D eigenvalue weighted by molar-refractivity contribution is 7.18. The number of rotatable bonds is 1. The van der Waals surface area contributed by atoms with Gasteiger partial charge in [0.1, 0.15) is 17.3 Å². The third-order valence-corrected chi connectivity index (χ3v) is 2.80. The Kier molecular flexibility index (Phi) is 1.84. The summed E-state index contributed by atoms with van der Waals surface area (Å²) in [5.41, 5.74) is 0. The predicted octanol–water partition coefficient (Wildman–Crippen LogP) is 2.75. The Morgan fingerprint density at radius 1 is 1.46 bits per heavy atom. The van der Waals surface area contributed by atoms with Crippen LogP contribution < -0.4 is 4.74 Å². The summed E-state index contributed by atoms with van der Waals surface area (Å²) >= 11 is 1.33. The summed E-state index contributed by atoms with van der Waals surface area (Å²) in [5, 5.41) is 11.7. The fraction of sp³-hybridized carbons (Fsp3) is 0.111. The van der Waals surface area contributed by atoms with Crippen LogP contribution in [0.2, 0.25) is 0 Å². The normalized spacial score (nSPS) is 10.6. The first-order chi connectivity index (χ1) is 6.22. The van der Waals surface area contributed by atoms with Crippen molar-refractivity contribution in [3.8, 4) is 11.5 Å². The van der Waals surface area contributed by atoms with Crippen LogP contribution in [-0.2, 0) is 0 Å². The number of hydrogen-bond acceptors (Lipinski definition) is 3. The molecule has 0 saturated heterocycles. The number of methoxy groups -OCH3 is 1. The molecule has 0 bridgehead atoms. The second-order valence-corrected chi connectivity index (χ2v) is 3.49. The Balaban J connectivity index is 2.82. The van der Waals surface area contributed by atoms with Gasteiger partial charge in [-0.15, -0.1) is 11.3 Å². The zero-order valence-corrected chi connectivity index (χ0v) is 7.69. The van der Waals surface area contributed by atoms with E-state index in [0.29, 0.717) is 15.8 Å². The lowest BCUT2D eigenvalue weighted by Gasteiger charge is -1.98. The van der Waals surface area contributed by atoms with Gasteiger partial charge in [-0.2, -0.15) is 0 Å². The maximum absolute atomic E-state index is 12.9. The van der Waals surface area contributed by atoms with Gasteiger partial charge in [0.25, 0.3) is 0 Å². The SMILES string of the molecule is COc1csc2c(O)cc(F)cc12. The number of halogens is 1. The van der Waals surface area contributed by atoms with Gasteiger partial charge < -0.3 is 9.84 Å². The van der Waals surface area contributed by atoms with E-state index in [1.54, 1.807) is 5.38 Å². The zero-order chi connectivity index (χ0) is 9.42. The number of phenols is 1. The molecule has 2 aromatic rings. The molecule has 68 valence electrons. The van der Waals surface area contributed by atoms with E-state index in [0.717, 1.165) is 6.07 Å². The first-order valence-electron chi connectivity index (χ1n) is 3.66. The highest BCUT2D eigenvalue weighted by Gasteiger charge is 2.09. The zero-order valence-electron chi connectivity index (χ0n) is 6.87. The van der Waals surface area contributed by atoms with E-state index >= 15 is 0 Å². The molecule has 1 heterocycles. The van der Waals surface area contributed by atoms with Crippen LogP contribution >= 0.6 is 11.3 Å². The molecule has 4 heteroatoms. The number of phenolic OH excluding ortho intramolecular Hbond substituents is 1. The third-order valence-electron chi connectivity index (χ3n) is 1.80. The molecular weight excluding hydrogens is 191 g/mol. The van der Waals surface area contributed by atoms with Gasteiger partial charge in [0, 0.05) is 16.8 Å². The minimum atomic E-state index is -0.457. The molecule has 0 aliphatic heterocycles. The number of benzene rings is 1. The number of ether oxygens (including phenoxy) is 1. The monoisotopic (exact) mass is 198 g/mol. The fourth-order valence-corrected chi connectivity index (χ4v) is 2.13. The van der Waals surface area contributed by atoms with Crippen molar-refractivity contribution in [1.29, 1.82) is 0 Å². The summed E-state index contributed by atoms with van der Waals surface area (Å²) < 4.78 is 18.5. The quantitative estimate of drug-likeness (QED) is 0.763. The van der Waals surface area contributed by atoms with Gasteiger partial charge >= 0.3 is 0 Å². The molecule has 0 spiro atoms. The molecule has 0 aliphatic carbocycles. The van der Waals surface area contributed by atoms with E-state index in [1.165, 1.54) is 24.5 Å². The molecule has 2 nitrogen and oxygen atoms in total. The van der Waals surface area contributed by atoms with E-state index < -0.39 is 5.82 Å². The molecule has 1 aromatic carbocycles. The second kappa shape index (κ2) is 2.88. The van der Waals surface area contributed by atoms with Crippen LogP contribution in [0.25, 0.3) is 10.1 Å². The maximum atomic E-state index is 12.9. The van der Waals surface area contributed by atoms with Crippen LogP contribution in [0, 0.1) is 5.82 Å². The number of aromatic hydroxyl groups is 1. The molecule has 0 amide bonds. The minimum Gasteiger partial charge on any atom is -0.506 e. The molecule has 0 atom stereocenters. The standard InChI is InChI=1S/C9H7FO2S/c1-12-8-4-13-9-6(8)2-5(10)3-7(9)11/h2-4,11H,1H3. The summed E-state index contributed by atoms with van der Waals surface area (Å²) in [6.45, 7) is 0. The van der Waals surface area contributed by atoms with Gasteiger partial charge in [0.15, 0.2) is 0 Å². The molecule has 13 heavy (non-hydrogen) atoms. The van der Waals surface area contributed by atoms with E-state index in [9.17, 15) is 9.50 Å². The lowest BCUT2D eigenvalue weighted by Crippen LogP contribution is -1.80. The van der Waals surface area contributed by atoms with Crippen molar-refractivity contribution >= 4 is 21.4 Å². The largest absolute Gasteiger partial charge is 0.506 e. The summed E-state index contributed by atoms with van der Waals surface area (Å²) in [6, 6.07) is 2.45. The number of fused-ring (bicyclic) bond motifs is 1. The molecule has 0 fully saturated rings. The number of thiophene rings is 1. The van der Waals surface area contributed by atoms with Crippen molar-refractivity contribution in [1.82, 2.24) is 0 Å². The molecule has 0 aliphatic rings. The van der Waals surface area contributed by atoms with Crippen LogP contribution in [0.5, 0.6) is 11.5 Å². The molecule has 0 radical (unpaired) electrons. The van der Waals surface area contributed by atoms with Gasteiger partial charge in [-0.1, -0.05) is 0 Å². The Morgan fingerprint density at radius 3 is 2.92 bits per heavy atom. The van der Waals surface area contributed by atoms with Gasteiger partial charge in [0.2, 0.25) is 0 Å². The van der Waals surface area contributed by atoms with Gasteiger partial charge in [-0.05, 0) is 6.07 Å². The van der Waals surface area contributed by atoms with Crippen molar-refractivity contribution in [2.24, 2.45) is 0 Å². The lowest BCUT2D eigenvalue weighted by molar-refractivity contribution is 0.421. The fourth-order valence-electron chi connectivity index (χ4n) is 1.22. The van der Waals surface area contributed by atoms with Crippen molar-refractivity contribution in [2.45, 2.75) is 0 Å². The Hall–Kier alpha value is -1.29. The summed E-state index contributed by atoms with van der Waals surface area (Å²) in [5.74, 6) is 0.0970. The Bertz CT molecular complexity index is 450. The molecule has 2 rings (SSSR count). The minimum absolute atomic E-state index is 0.0386. The molecule has 0 unspecified atom stereocenters. The van der Waals surface area contributed by atoms with E-state index in [4.69, 9.17) is 4.74 Å². The first-order valence-corrected chi connectivity index (χ1v) is 4.54. The summed E-state index contributed by atoms with van der Waals surface area (Å²) in [6.07, 6.45) is 0. The third kappa shape index (κ3) is 1.23. The van der Waals surface area contributed by atoms with Crippen LogP contribution in [0.1, 0.15) is 0 Å². The predicted molar refractivity (Wildman–Crippen MR) is 50.0 cm³/mol. The second-order valence-electron chi connectivity index (χ2n) is 2.61. The smallest absolute Gasteiger partial charge is 0.137 e. The highest BCUT2D eigenvalue weighted by Crippen LogP contribution is 2.37. The van der Waals surface area contributed by atoms with Crippen LogP contribution in [0.3, 0.4) is 0 Å². The van der Waals surface area contributed by atoms with Gasteiger partial charge in [-0.3, -0.25) is 0 Å². The average molecular weight is 198 g/mol. The van der Waals surface area contributed by atoms with Crippen LogP contribution in [-0.4, -0.2) is 12.2 Å². The summed E-state index contributed by atoms with van der Waals surface area (Å²) in [7, 11) is 1.52. The highest BCUT2D eigenvalue weighted by atomic mass is 32.1. The van der Waals surface area contributed by atoms with Gasteiger partial charge in [-0.25, -0.2) is 4.39 Å². The Morgan fingerprint density at radius 2 is 2.23 bits per heavy atom. The molecule has 1 aromatic heterocycles. The molecule has 1 N–H and O–H groups in total. The topological polar surface area (TPSA) is 29.5 Å². The van der Waals surface area contributed by atoms with Crippen molar-refractivity contribution < 1.29 is 14.2 Å². The number of hydrogen-bond donors (Lipinski definition) is 1. The Labute approximate surface area is 78.2 Å². The van der Waals surface area contributed by atoms with Gasteiger partial charge in [0.05, 0.1) is 11.8 Å². The summed E-state index contributed by atoms with van der Waals surface area (Å²) in [4.78, 5) is 0. The van der Waals surface area contributed by atoms with Crippen molar-refractivity contribution in [3.63, 3.8) is 0 Å². The van der Waals surface area contributed by atoms with Crippen LogP contribution in [0.15, 0.2) is 17.5 Å². The van der Waals surface area contributed by atoms with E-state index in [2.05, 4.69) is 0 Å². The van der Waals surface area contributed by atoms with E-state index in [-0.39, 0.29) is 5.75 Å². The van der Waals surface area contributed by atoms with Crippen LogP contribution in [0.4, 0.5) is 4.39 Å². The lowest BCUT2D eigenvalue weighted by atomic mass is 10.2. The first kappa shape index (κ1) is 8.31. The molecule has 0 saturated carbocycles.